The second kappa shape index (κ2) is 5.37. The van der Waals surface area contributed by atoms with Crippen LogP contribution in [-0.4, -0.2) is 22.7 Å². The van der Waals surface area contributed by atoms with Crippen LogP contribution < -0.4 is 0 Å². The Hall–Kier alpha value is -0.540. The van der Waals surface area contributed by atoms with Crippen molar-refractivity contribution in [3.05, 3.63) is 22.4 Å². The third kappa shape index (κ3) is 3.00. The second-order valence-electron chi connectivity index (χ2n) is 3.33. The van der Waals surface area contributed by atoms with Crippen LogP contribution in [0.25, 0.3) is 0 Å². The lowest BCUT2D eigenvalue weighted by atomic mass is 10.3. The molecule has 4 heteroatoms. The van der Waals surface area contributed by atoms with Crippen LogP contribution in [0.4, 0.5) is 0 Å². The number of carbonyl (C=O) groups excluding carboxylic acids is 1. The first-order chi connectivity index (χ1) is 6.65. The Kier molecular flexibility index (Phi) is 4.42. The van der Waals surface area contributed by atoms with E-state index in [4.69, 9.17) is 11.6 Å². The summed E-state index contributed by atoms with van der Waals surface area (Å²) in [6, 6.07) is 4.22. The van der Waals surface area contributed by atoms with Gasteiger partial charge in [-0.25, -0.2) is 0 Å². The molecule has 1 amide bonds. The summed E-state index contributed by atoms with van der Waals surface area (Å²) in [5.74, 6) is 0.0545. The van der Waals surface area contributed by atoms with Gasteiger partial charge in [-0.1, -0.05) is 6.07 Å². The average molecular weight is 232 g/mol. The Morgan fingerprint density at radius 2 is 2.36 bits per heavy atom. The molecule has 0 fully saturated rings. The van der Waals surface area contributed by atoms with Crippen LogP contribution >= 0.6 is 22.9 Å². The number of halogens is 1. The van der Waals surface area contributed by atoms with Crippen LogP contribution in [0.5, 0.6) is 0 Å². The summed E-state index contributed by atoms with van der Waals surface area (Å²) >= 11 is 7.20. The van der Waals surface area contributed by atoms with Crippen LogP contribution in [0.3, 0.4) is 0 Å². The third-order valence-corrected chi connectivity index (χ3v) is 3.05. The molecule has 0 radical (unpaired) electrons. The minimum Gasteiger partial charge on any atom is -0.334 e. The summed E-state index contributed by atoms with van der Waals surface area (Å²) in [4.78, 5) is 14.5. The number of hydrogen-bond acceptors (Lipinski definition) is 2. The molecular weight excluding hydrogens is 218 g/mol. The van der Waals surface area contributed by atoms with Crippen molar-refractivity contribution >= 4 is 28.8 Å². The number of thiophene rings is 1. The van der Waals surface area contributed by atoms with Gasteiger partial charge in [-0.15, -0.1) is 22.9 Å². The van der Waals surface area contributed by atoms with E-state index in [0.29, 0.717) is 6.54 Å². The van der Waals surface area contributed by atoms with Gasteiger partial charge in [-0.2, -0.15) is 0 Å². The zero-order chi connectivity index (χ0) is 10.6. The molecule has 0 aliphatic rings. The topological polar surface area (TPSA) is 20.3 Å². The Morgan fingerprint density at radius 3 is 2.79 bits per heavy atom. The average Bonchev–Trinajstić information content (AvgIpc) is 2.65. The van der Waals surface area contributed by atoms with Gasteiger partial charge in [-0.05, 0) is 25.3 Å². The molecule has 14 heavy (non-hydrogen) atoms. The van der Waals surface area contributed by atoms with Crippen molar-refractivity contribution in [3.63, 3.8) is 0 Å². The normalized spacial score (nSPS) is 10.6. The van der Waals surface area contributed by atoms with E-state index in [0.717, 1.165) is 0 Å². The maximum absolute atomic E-state index is 11.5. The lowest BCUT2D eigenvalue weighted by Crippen LogP contribution is -2.36. The first kappa shape index (κ1) is 11.5. The zero-order valence-electron chi connectivity index (χ0n) is 8.37. The molecule has 2 nitrogen and oxygen atoms in total. The van der Waals surface area contributed by atoms with E-state index in [9.17, 15) is 4.79 Å². The van der Waals surface area contributed by atoms with Crippen LogP contribution in [0.15, 0.2) is 17.5 Å². The predicted octanol–water partition coefficient (Wildman–Crippen LogP) is 2.72. The largest absolute Gasteiger partial charge is 0.334 e. The van der Waals surface area contributed by atoms with Crippen molar-refractivity contribution in [2.24, 2.45) is 0 Å². The fourth-order valence-electron chi connectivity index (χ4n) is 1.21. The molecule has 0 saturated heterocycles. The second-order valence-corrected chi connectivity index (χ2v) is 4.63. The van der Waals surface area contributed by atoms with Crippen molar-refractivity contribution in [2.75, 3.05) is 5.88 Å². The predicted molar refractivity (Wildman–Crippen MR) is 60.7 cm³/mol. The van der Waals surface area contributed by atoms with Crippen LogP contribution in [0.1, 0.15) is 18.7 Å². The van der Waals surface area contributed by atoms with E-state index >= 15 is 0 Å². The summed E-state index contributed by atoms with van der Waals surface area (Å²) in [5, 5.41) is 2.01. The number of carbonyl (C=O) groups is 1. The summed E-state index contributed by atoms with van der Waals surface area (Å²) in [6.45, 7) is 4.66. The third-order valence-electron chi connectivity index (χ3n) is 1.96. The van der Waals surface area contributed by atoms with Gasteiger partial charge in [0, 0.05) is 10.9 Å². The smallest absolute Gasteiger partial charge is 0.238 e. The van der Waals surface area contributed by atoms with Gasteiger partial charge in [0.05, 0.1) is 6.54 Å². The van der Waals surface area contributed by atoms with Crippen LogP contribution in [-0.2, 0) is 11.3 Å². The fourth-order valence-corrected chi connectivity index (χ4v) is 2.06. The van der Waals surface area contributed by atoms with Gasteiger partial charge in [-0.3, -0.25) is 4.79 Å². The minimum atomic E-state index is -0.00457. The highest BCUT2D eigenvalue weighted by Gasteiger charge is 2.16. The molecule has 0 aliphatic heterocycles. The Bertz CT molecular complexity index is 284. The van der Waals surface area contributed by atoms with Crippen molar-refractivity contribution in [1.29, 1.82) is 0 Å². The highest BCUT2D eigenvalue weighted by atomic mass is 35.5. The lowest BCUT2D eigenvalue weighted by Gasteiger charge is -2.25. The number of nitrogens with zero attached hydrogens (tertiary/aromatic N) is 1. The molecule has 0 atom stereocenters. The van der Waals surface area contributed by atoms with E-state index in [1.54, 1.807) is 16.2 Å². The molecule has 0 N–H and O–H groups in total. The van der Waals surface area contributed by atoms with Gasteiger partial charge >= 0.3 is 0 Å². The molecule has 0 unspecified atom stereocenters. The maximum Gasteiger partial charge on any atom is 0.238 e. The summed E-state index contributed by atoms with van der Waals surface area (Å²) < 4.78 is 0. The highest BCUT2D eigenvalue weighted by Crippen LogP contribution is 2.14. The van der Waals surface area contributed by atoms with E-state index in [1.165, 1.54) is 4.88 Å². The molecule has 78 valence electrons. The molecule has 1 rings (SSSR count). The molecule has 0 bridgehead atoms. The van der Waals surface area contributed by atoms with Gasteiger partial charge < -0.3 is 4.90 Å². The quantitative estimate of drug-likeness (QED) is 0.730. The summed E-state index contributed by atoms with van der Waals surface area (Å²) in [7, 11) is 0. The van der Waals surface area contributed by atoms with Gasteiger partial charge in [0.15, 0.2) is 0 Å². The van der Waals surface area contributed by atoms with Crippen molar-refractivity contribution in [3.8, 4) is 0 Å². The monoisotopic (exact) mass is 231 g/mol. The summed E-state index contributed by atoms with van der Waals surface area (Å²) in [6.07, 6.45) is 0. The molecule has 0 aliphatic carbocycles. The van der Waals surface area contributed by atoms with Crippen molar-refractivity contribution in [2.45, 2.75) is 26.4 Å². The SMILES string of the molecule is CC(C)N(Cc1cccs1)C(=O)CCl. The first-order valence-corrected chi connectivity index (χ1v) is 5.94. The molecule has 1 aromatic rings. The molecule has 1 heterocycles. The van der Waals surface area contributed by atoms with Gasteiger partial charge in [0.25, 0.3) is 0 Å². The molecule has 0 aromatic carbocycles. The summed E-state index contributed by atoms with van der Waals surface area (Å²) in [5.41, 5.74) is 0. The van der Waals surface area contributed by atoms with Crippen LogP contribution in [0.2, 0.25) is 0 Å². The number of hydrogen-bond donors (Lipinski definition) is 0. The lowest BCUT2D eigenvalue weighted by molar-refractivity contribution is -0.130. The highest BCUT2D eigenvalue weighted by molar-refractivity contribution is 7.09. The number of rotatable bonds is 4. The minimum absolute atomic E-state index is 0.00457. The van der Waals surface area contributed by atoms with Gasteiger partial charge in [0.2, 0.25) is 5.91 Å². The van der Waals surface area contributed by atoms with Crippen molar-refractivity contribution < 1.29 is 4.79 Å². The Balaban J connectivity index is 2.65. The first-order valence-electron chi connectivity index (χ1n) is 4.53. The van der Waals surface area contributed by atoms with E-state index in [1.807, 2.05) is 31.4 Å². The fraction of sp³-hybridized carbons (Fsp3) is 0.500. The molecule has 1 aromatic heterocycles. The Labute approximate surface area is 93.5 Å². The van der Waals surface area contributed by atoms with E-state index < -0.39 is 0 Å². The molecular formula is C10H14ClNOS. The van der Waals surface area contributed by atoms with E-state index in [-0.39, 0.29) is 17.8 Å². The molecule has 0 spiro atoms. The van der Waals surface area contributed by atoms with E-state index in [2.05, 4.69) is 0 Å². The van der Waals surface area contributed by atoms with Gasteiger partial charge in [0.1, 0.15) is 5.88 Å². The van der Waals surface area contributed by atoms with Crippen molar-refractivity contribution in [1.82, 2.24) is 4.90 Å². The Morgan fingerprint density at radius 1 is 1.64 bits per heavy atom. The van der Waals surface area contributed by atoms with Crippen LogP contribution in [0, 0.1) is 0 Å². The molecule has 0 saturated carbocycles. The zero-order valence-corrected chi connectivity index (χ0v) is 9.94. The standard InChI is InChI=1S/C10H14ClNOS/c1-8(2)12(10(13)6-11)7-9-4-3-5-14-9/h3-5,8H,6-7H2,1-2H3. The number of alkyl halides is 1. The number of amides is 1. The maximum atomic E-state index is 11.5.